The Labute approximate surface area is 217 Å². The molecule has 3 aromatic carbocycles. The lowest BCUT2D eigenvalue weighted by Crippen LogP contribution is -2.31. The van der Waals surface area contributed by atoms with Crippen LogP contribution in [-0.4, -0.2) is 30.0 Å². The summed E-state index contributed by atoms with van der Waals surface area (Å²) in [6.45, 7) is 7.27. The van der Waals surface area contributed by atoms with E-state index < -0.39 is 17.7 Å². The van der Waals surface area contributed by atoms with Gasteiger partial charge in [0.25, 0.3) is 5.91 Å². The van der Waals surface area contributed by atoms with Gasteiger partial charge in [0, 0.05) is 18.2 Å². The Kier molecular flexibility index (Phi) is 6.50. The maximum absolute atomic E-state index is 13.6. The standard InChI is InChI=1S/C31H31NO5/c1-31(2,3)22-12-10-21(11-13-22)28-27(24(33)15-9-20-7-5-4-6-8-20)29(34)30(35)32(28)23-14-16-25-26(19-23)37-18-17-36-25/h4-8,10-14,16,19,28,34H,9,15,17-18H2,1-3H3. The molecule has 2 aliphatic heterocycles. The molecule has 190 valence electrons. The number of aryl methyl sites for hydroxylation is 1. The van der Waals surface area contributed by atoms with E-state index in [0.717, 1.165) is 16.7 Å². The first kappa shape index (κ1) is 24.6. The molecule has 1 unspecified atom stereocenters. The topological polar surface area (TPSA) is 76.1 Å². The van der Waals surface area contributed by atoms with Gasteiger partial charge in [0.15, 0.2) is 23.0 Å². The molecule has 0 fully saturated rings. The summed E-state index contributed by atoms with van der Waals surface area (Å²) in [7, 11) is 0. The van der Waals surface area contributed by atoms with E-state index in [9.17, 15) is 14.7 Å². The highest BCUT2D eigenvalue weighted by Gasteiger charge is 2.44. The van der Waals surface area contributed by atoms with Gasteiger partial charge >= 0.3 is 0 Å². The van der Waals surface area contributed by atoms with E-state index in [2.05, 4.69) is 20.8 Å². The summed E-state index contributed by atoms with van der Waals surface area (Å²) in [5.41, 5.74) is 3.51. The lowest BCUT2D eigenvalue weighted by molar-refractivity contribution is -0.118. The molecule has 0 saturated carbocycles. The normalized spacial score (nSPS) is 17.3. The van der Waals surface area contributed by atoms with Crippen LogP contribution in [0.2, 0.25) is 0 Å². The summed E-state index contributed by atoms with van der Waals surface area (Å²) in [5.74, 6) is -0.229. The zero-order chi connectivity index (χ0) is 26.2. The molecule has 0 aromatic heterocycles. The number of amides is 1. The summed E-state index contributed by atoms with van der Waals surface area (Å²) in [6.07, 6.45) is 0.701. The molecule has 1 atom stereocenters. The van der Waals surface area contributed by atoms with E-state index in [1.54, 1.807) is 18.2 Å². The van der Waals surface area contributed by atoms with Gasteiger partial charge in [-0.3, -0.25) is 14.5 Å². The molecule has 0 aliphatic carbocycles. The molecule has 6 nitrogen and oxygen atoms in total. The fourth-order valence-corrected chi connectivity index (χ4v) is 4.86. The maximum atomic E-state index is 13.6. The average molecular weight is 498 g/mol. The number of fused-ring (bicyclic) bond motifs is 1. The van der Waals surface area contributed by atoms with Crippen molar-refractivity contribution in [1.29, 1.82) is 0 Å². The predicted octanol–water partition coefficient (Wildman–Crippen LogP) is 5.86. The molecule has 6 heteroatoms. The molecule has 2 aliphatic rings. The Morgan fingerprint density at radius 1 is 0.946 bits per heavy atom. The number of aliphatic hydroxyl groups excluding tert-OH is 1. The van der Waals surface area contributed by atoms with Crippen LogP contribution in [0.3, 0.4) is 0 Å². The Balaban J connectivity index is 1.54. The third kappa shape index (κ3) is 4.84. The summed E-state index contributed by atoms with van der Waals surface area (Å²) < 4.78 is 11.4. The minimum absolute atomic E-state index is 0.0497. The maximum Gasteiger partial charge on any atom is 0.294 e. The third-order valence-corrected chi connectivity index (χ3v) is 6.89. The summed E-state index contributed by atoms with van der Waals surface area (Å²) in [4.78, 5) is 28.5. The number of nitrogens with zero attached hydrogens (tertiary/aromatic N) is 1. The van der Waals surface area contributed by atoms with Gasteiger partial charge < -0.3 is 14.6 Å². The van der Waals surface area contributed by atoms with Crippen LogP contribution in [0.25, 0.3) is 0 Å². The minimum Gasteiger partial charge on any atom is -0.503 e. The van der Waals surface area contributed by atoms with Gasteiger partial charge in [-0.05, 0) is 40.7 Å². The van der Waals surface area contributed by atoms with Crippen molar-refractivity contribution in [2.24, 2.45) is 0 Å². The Morgan fingerprint density at radius 2 is 1.62 bits per heavy atom. The van der Waals surface area contributed by atoms with Crippen molar-refractivity contribution >= 4 is 17.4 Å². The predicted molar refractivity (Wildman–Crippen MR) is 142 cm³/mol. The van der Waals surface area contributed by atoms with E-state index in [-0.39, 0.29) is 23.2 Å². The quantitative estimate of drug-likeness (QED) is 0.462. The third-order valence-electron chi connectivity index (χ3n) is 6.89. The molecule has 0 radical (unpaired) electrons. The molecule has 5 rings (SSSR count). The summed E-state index contributed by atoms with van der Waals surface area (Å²) >= 11 is 0. The van der Waals surface area contributed by atoms with E-state index in [0.29, 0.717) is 36.8 Å². The van der Waals surface area contributed by atoms with Gasteiger partial charge in [-0.1, -0.05) is 75.4 Å². The monoisotopic (exact) mass is 497 g/mol. The average Bonchev–Trinajstić information content (AvgIpc) is 3.17. The number of aliphatic hydroxyl groups is 1. The fourth-order valence-electron chi connectivity index (χ4n) is 4.86. The Hall–Kier alpha value is -4.06. The summed E-state index contributed by atoms with van der Waals surface area (Å²) in [6, 6.07) is 22.1. The first-order valence-electron chi connectivity index (χ1n) is 12.6. The smallest absolute Gasteiger partial charge is 0.294 e. The number of Topliss-reactive ketones (excluding diaryl/α,β-unsaturated/α-hetero) is 1. The molecule has 3 aromatic rings. The van der Waals surface area contributed by atoms with Crippen LogP contribution < -0.4 is 14.4 Å². The lowest BCUT2D eigenvalue weighted by Gasteiger charge is -2.29. The van der Waals surface area contributed by atoms with Crippen LogP contribution in [0.1, 0.15) is 49.9 Å². The van der Waals surface area contributed by atoms with Gasteiger partial charge in [0.2, 0.25) is 0 Å². The van der Waals surface area contributed by atoms with Crippen LogP contribution in [0.15, 0.2) is 84.1 Å². The number of benzene rings is 3. The number of anilines is 1. The van der Waals surface area contributed by atoms with E-state index in [1.807, 2.05) is 54.6 Å². The van der Waals surface area contributed by atoms with Crippen LogP contribution in [0.5, 0.6) is 11.5 Å². The Bertz CT molecular complexity index is 1350. The van der Waals surface area contributed by atoms with Crippen molar-refractivity contribution in [3.8, 4) is 11.5 Å². The van der Waals surface area contributed by atoms with Crippen molar-refractivity contribution in [1.82, 2.24) is 0 Å². The highest BCUT2D eigenvalue weighted by atomic mass is 16.6. The van der Waals surface area contributed by atoms with Crippen molar-refractivity contribution in [3.63, 3.8) is 0 Å². The van der Waals surface area contributed by atoms with Crippen LogP contribution in [-0.2, 0) is 21.4 Å². The highest BCUT2D eigenvalue weighted by molar-refractivity contribution is 6.16. The van der Waals surface area contributed by atoms with Gasteiger partial charge in [-0.15, -0.1) is 0 Å². The molecule has 0 spiro atoms. The van der Waals surface area contributed by atoms with Gasteiger partial charge in [-0.2, -0.15) is 0 Å². The van der Waals surface area contributed by atoms with E-state index in [1.165, 1.54) is 4.90 Å². The number of carbonyl (C=O) groups excluding carboxylic acids is 2. The first-order valence-corrected chi connectivity index (χ1v) is 12.6. The molecule has 37 heavy (non-hydrogen) atoms. The largest absolute Gasteiger partial charge is 0.503 e. The second kappa shape index (κ2) is 9.77. The second-order valence-electron chi connectivity index (χ2n) is 10.4. The zero-order valence-corrected chi connectivity index (χ0v) is 21.4. The number of carbonyl (C=O) groups is 2. The highest BCUT2D eigenvalue weighted by Crippen LogP contribution is 2.44. The lowest BCUT2D eigenvalue weighted by atomic mass is 9.85. The van der Waals surface area contributed by atoms with Crippen molar-refractivity contribution < 1.29 is 24.2 Å². The van der Waals surface area contributed by atoms with Gasteiger partial charge in [-0.25, -0.2) is 0 Å². The Morgan fingerprint density at radius 3 is 2.30 bits per heavy atom. The molecule has 0 bridgehead atoms. The molecular weight excluding hydrogens is 466 g/mol. The number of ketones is 1. The number of hydrogen-bond donors (Lipinski definition) is 1. The van der Waals surface area contributed by atoms with E-state index >= 15 is 0 Å². The second-order valence-corrected chi connectivity index (χ2v) is 10.4. The number of ether oxygens (including phenoxy) is 2. The SMILES string of the molecule is CC(C)(C)c1ccc(C2C(C(=O)CCc3ccccc3)=C(O)C(=O)N2c2ccc3c(c2)OCCO3)cc1. The van der Waals surface area contributed by atoms with Crippen LogP contribution in [0.4, 0.5) is 5.69 Å². The molecule has 1 amide bonds. The minimum atomic E-state index is -0.757. The number of hydrogen-bond acceptors (Lipinski definition) is 5. The van der Waals surface area contributed by atoms with Gasteiger partial charge in [0.1, 0.15) is 13.2 Å². The molecule has 2 heterocycles. The van der Waals surface area contributed by atoms with Gasteiger partial charge in [0.05, 0.1) is 11.6 Å². The van der Waals surface area contributed by atoms with E-state index in [4.69, 9.17) is 9.47 Å². The first-order chi connectivity index (χ1) is 17.7. The molecule has 0 saturated heterocycles. The van der Waals surface area contributed by atoms with Crippen LogP contribution in [0, 0.1) is 0 Å². The fraction of sp³-hybridized carbons (Fsp3) is 0.290. The van der Waals surface area contributed by atoms with Crippen LogP contribution >= 0.6 is 0 Å². The number of rotatable bonds is 6. The zero-order valence-electron chi connectivity index (χ0n) is 21.4. The van der Waals surface area contributed by atoms with Crippen molar-refractivity contribution in [2.75, 3.05) is 18.1 Å². The molecule has 1 N–H and O–H groups in total. The van der Waals surface area contributed by atoms with Crippen molar-refractivity contribution in [3.05, 3.63) is 101 Å². The summed E-state index contributed by atoms with van der Waals surface area (Å²) in [5, 5.41) is 11.0. The van der Waals surface area contributed by atoms with Crippen molar-refractivity contribution in [2.45, 2.75) is 45.1 Å². The molecular formula is C31H31NO5.